The van der Waals surface area contributed by atoms with Crippen LogP contribution in [0.5, 0.6) is 0 Å². The minimum absolute atomic E-state index is 0. The van der Waals surface area contributed by atoms with Crippen LogP contribution in [0.1, 0.15) is 2.85 Å². The maximum atomic E-state index is 8.55. The SMILES string of the molecule is O=P([O-])([O-])[O-].[Co+2].[H+].[H+]. The average Bonchev–Trinajstić information content (AvgIpc) is 0.722. The van der Waals surface area contributed by atoms with Crippen LogP contribution in [0.25, 0.3) is 0 Å². The van der Waals surface area contributed by atoms with Gasteiger partial charge in [0.15, 0.2) is 0 Å². The predicted molar refractivity (Wildman–Crippen MR) is 9.83 cm³/mol. The van der Waals surface area contributed by atoms with Gasteiger partial charge in [-0.25, -0.2) is 0 Å². The summed E-state index contributed by atoms with van der Waals surface area (Å²) in [7, 11) is -5.39. The van der Waals surface area contributed by atoms with E-state index < -0.39 is 7.82 Å². The van der Waals surface area contributed by atoms with E-state index in [0.29, 0.717) is 0 Å². The molecule has 0 unspecified atom stereocenters. The Morgan fingerprint density at radius 3 is 1.33 bits per heavy atom. The van der Waals surface area contributed by atoms with Crippen molar-refractivity contribution in [2.24, 2.45) is 0 Å². The molecule has 0 atom stereocenters. The summed E-state index contributed by atoms with van der Waals surface area (Å²) in [5, 5.41) is 0. The van der Waals surface area contributed by atoms with Crippen LogP contribution in [-0.2, 0) is 21.3 Å². The molecule has 0 aliphatic heterocycles. The smallest absolute Gasteiger partial charge is 0.822 e. The third-order valence-electron chi connectivity index (χ3n) is 0. The minimum atomic E-state index is -5.39. The first kappa shape index (κ1) is 9.79. The van der Waals surface area contributed by atoms with Crippen LogP contribution in [0.15, 0.2) is 0 Å². The summed E-state index contributed by atoms with van der Waals surface area (Å²) in [5.41, 5.74) is 0. The molecule has 0 aromatic rings. The zero-order chi connectivity index (χ0) is 4.50. The maximum absolute atomic E-state index is 8.55. The number of hydrogen-bond donors (Lipinski definition) is 0. The van der Waals surface area contributed by atoms with Crippen LogP contribution in [-0.4, -0.2) is 0 Å². The van der Waals surface area contributed by atoms with Crippen molar-refractivity contribution in [1.82, 2.24) is 0 Å². The molecule has 6 heavy (non-hydrogen) atoms. The first-order chi connectivity index (χ1) is 2.00. The molecule has 0 heterocycles. The van der Waals surface area contributed by atoms with Crippen molar-refractivity contribution in [3.63, 3.8) is 0 Å². The van der Waals surface area contributed by atoms with E-state index in [4.69, 9.17) is 19.2 Å². The van der Waals surface area contributed by atoms with E-state index in [-0.39, 0.29) is 19.6 Å². The standard InChI is InChI=1S/Co.H3O4P/c;1-5(2,3)4/h;(H3,1,2,3,4)/q+2;/p-1. The molecule has 0 N–H and O–H groups in total. The van der Waals surface area contributed by atoms with Gasteiger partial charge in [0.05, 0.1) is 0 Å². The Bertz CT molecular complexity index is 60.2. The van der Waals surface area contributed by atoms with Crippen LogP contribution in [0.2, 0.25) is 0 Å². The van der Waals surface area contributed by atoms with E-state index in [2.05, 4.69) is 0 Å². The quantitative estimate of drug-likeness (QED) is 0.359. The molecule has 0 bridgehead atoms. The zero-order valence-electron chi connectivity index (χ0n) is 4.41. The molecule has 0 aromatic heterocycles. The van der Waals surface area contributed by atoms with Crippen molar-refractivity contribution < 1.29 is 38.9 Å². The fourth-order valence-electron chi connectivity index (χ4n) is 0. The van der Waals surface area contributed by atoms with Crippen molar-refractivity contribution in [3.8, 4) is 0 Å². The molecule has 0 aliphatic carbocycles. The minimum Gasteiger partial charge on any atom is -0.822 e. The van der Waals surface area contributed by atoms with Gasteiger partial charge in [0.2, 0.25) is 0 Å². The molecule has 0 saturated heterocycles. The van der Waals surface area contributed by atoms with Gasteiger partial charge in [-0.3, -0.25) is 0 Å². The van der Waals surface area contributed by atoms with Gasteiger partial charge in [0, 0.05) is 0 Å². The average molecular weight is 156 g/mol. The summed E-state index contributed by atoms with van der Waals surface area (Å²) in [5.74, 6) is 0. The largest absolute Gasteiger partial charge is 2.00 e. The predicted octanol–water partition coefficient (Wildman–Crippen LogP) is -2.60. The fraction of sp³-hybridized carbons (Fsp3) is 0. The van der Waals surface area contributed by atoms with Gasteiger partial charge in [0.1, 0.15) is 0 Å². The number of phosphoric acid groups is 1. The van der Waals surface area contributed by atoms with E-state index in [1.165, 1.54) is 0 Å². The van der Waals surface area contributed by atoms with E-state index in [0.717, 1.165) is 0 Å². The Kier molecular flexibility index (Phi) is 4.46. The van der Waals surface area contributed by atoms with Gasteiger partial charge in [0.25, 0.3) is 0 Å². The van der Waals surface area contributed by atoms with Gasteiger partial charge in [-0.05, 0) is 0 Å². The Balaban J connectivity index is -0.0000000267. The molecule has 4 nitrogen and oxygen atoms in total. The normalized spacial score (nSPS) is 9.83. The molecular weight excluding hydrogens is 154 g/mol. The van der Waals surface area contributed by atoms with E-state index in [1.54, 1.807) is 0 Å². The first-order valence-electron chi connectivity index (χ1n) is 0.730. The molecule has 0 aliphatic rings. The Morgan fingerprint density at radius 2 is 1.33 bits per heavy atom. The first-order valence-corrected chi connectivity index (χ1v) is 2.19. The Labute approximate surface area is 47.6 Å². The van der Waals surface area contributed by atoms with Crippen molar-refractivity contribution in [2.75, 3.05) is 0 Å². The van der Waals surface area contributed by atoms with Crippen LogP contribution in [0.3, 0.4) is 0 Å². The van der Waals surface area contributed by atoms with Crippen LogP contribution in [0.4, 0.5) is 0 Å². The van der Waals surface area contributed by atoms with E-state index >= 15 is 0 Å². The topological polar surface area (TPSA) is 86.2 Å². The second kappa shape index (κ2) is 2.73. The fourth-order valence-corrected chi connectivity index (χ4v) is 0. The molecule has 0 amide bonds. The van der Waals surface area contributed by atoms with Crippen LogP contribution >= 0.6 is 7.82 Å². The van der Waals surface area contributed by atoms with Crippen molar-refractivity contribution >= 4 is 7.82 Å². The molecular formula is H2CoO4P+. The third-order valence-corrected chi connectivity index (χ3v) is 0. The molecule has 0 saturated carbocycles. The molecule has 0 aromatic carbocycles. The zero-order valence-corrected chi connectivity index (χ0v) is 4.35. The molecule has 6 heteroatoms. The van der Waals surface area contributed by atoms with Crippen LogP contribution < -0.4 is 14.7 Å². The molecule has 39 valence electrons. The number of hydrogen-bond acceptors (Lipinski definition) is 4. The summed E-state index contributed by atoms with van der Waals surface area (Å²) in [6.45, 7) is 0. The summed E-state index contributed by atoms with van der Waals surface area (Å²) >= 11 is 0. The summed E-state index contributed by atoms with van der Waals surface area (Å²) < 4.78 is 8.55. The van der Waals surface area contributed by atoms with Gasteiger partial charge < -0.3 is 19.2 Å². The Hall–Kier alpha value is 0.616. The van der Waals surface area contributed by atoms with Gasteiger partial charge in [-0.2, -0.15) is 7.82 Å². The maximum Gasteiger partial charge on any atom is 2.00 e. The van der Waals surface area contributed by atoms with E-state index in [1.807, 2.05) is 0 Å². The second-order valence-electron chi connectivity index (χ2n) is 0.447. The van der Waals surface area contributed by atoms with Gasteiger partial charge in [-0.15, -0.1) is 0 Å². The Morgan fingerprint density at radius 1 is 1.33 bits per heavy atom. The van der Waals surface area contributed by atoms with Crippen molar-refractivity contribution in [2.45, 2.75) is 0 Å². The number of rotatable bonds is 0. The summed E-state index contributed by atoms with van der Waals surface area (Å²) in [6, 6.07) is 0. The van der Waals surface area contributed by atoms with Crippen LogP contribution in [0, 0.1) is 0 Å². The molecule has 0 rings (SSSR count). The molecule has 0 fully saturated rings. The molecule has 1 radical (unpaired) electrons. The van der Waals surface area contributed by atoms with Gasteiger partial charge in [-0.1, -0.05) is 0 Å². The second-order valence-corrected chi connectivity index (χ2v) is 1.34. The van der Waals surface area contributed by atoms with Crippen molar-refractivity contribution in [1.29, 1.82) is 0 Å². The monoisotopic (exact) mass is 156 g/mol. The van der Waals surface area contributed by atoms with Crippen molar-refractivity contribution in [3.05, 3.63) is 0 Å². The summed E-state index contributed by atoms with van der Waals surface area (Å²) in [6.07, 6.45) is 0. The third kappa shape index (κ3) is 159. The van der Waals surface area contributed by atoms with Gasteiger partial charge >= 0.3 is 19.6 Å². The molecule has 0 spiro atoms. The summed E-state index contributed by atoms with van der Waals surface area (Å²) in [4.78, 5) is 25.6. The van der Waals surface area contributed by atoms with E-state index in [9.17, 15) is 0 Å².